The number of halogens is 4. The molecule has 2 rings (SSSR count). The van der Waals surface area contributed by atoms with E-state index in [-0.39, 0.29) is 16.9 Å². The van der Waals surface area contributed by atoms with Crippen molar-refractivity contribution in [2.24, 2.45) is 0 Å². The molecule has 0 bridgehead atoms. The molecule has 0 fully saturated rings. The number of anilines is 1. The Morgan fingerprint density at radius 1 is 1.29 bits per heavy atom. The van der Waals surface area contributed by atoms with Crippen molar-refractivity contribution in [3.05, 3.63) is 47.4 Å². The number of alkyl halides is 3. The van der Waals surface area contributed by atoms with E-state index in [4.69, 9.17) is 11.6 Å². The third kappa shape index (κ3) is 4.78. The van der Waals surface area contributed by atoms with E-state index in [0.717, 1.165) is 0 Å². The van der Waals surface area contributed by atoms with Gasteiger partial charge < -0.3 is 10.1 Å². The van der Waals surface area contributed by atoms with Crippen molar-refractivity contribution in [3.8, 4) is 5.75 Å². The summed E-state index contributed by atoms with van der Waals surface area (Å²) in [5.74, 6) is 0.156. The number of rotatable bonds is 4. The molecule has 21 heavy (non-hydrogen) atoms. The fourth-order valence-corrected chi connectivity index (χ4v) is 1.85. The van der Waals surface area contributed by atoms with Gasteiger partial charge >= 0.3 is 6.36 Å². The molecular weight excluding hydrogens is 307 g/mol. The first-order valence-corrected chi connectivity index (χ1v) is 6.31. The van der Waals surface area contributed by atoms with Crippen LogP contribution >= 0.6 is 11.6 Å². The van der Waals surface area contributed by atoms with Crippen molar-refractivity contribution in [2.75, 3.05) is 5.32 Å². The molecule has 2 aromatic rings. The monoisotopic (exact) mass is 317 g/mol. The lowest BCUT2D eigenvalue weighted by Crippen LogP contribution is -2.17. The Morgan fingerprint density at radius 3 is 2.71 bits per heavy atom. The second-order valence-corrected chi connectivity index (χ2v) is 4.60. The quantitative estimate of drug-likeness (QED) is 0.918. The van der Waals surface area contributed by atoms with E-state index < -0.39 is 6.36 Å². The van der Waals surface area contributed by atoms with E-state index in [1.54, 1.807) is 13.0 Å². The van der Waals surface area contributed by atoms with Crippen LogP contribution in [0.5, 0.6) is 5.75 Å². The Kier molecular flexibility index (Phi) is 4.52. The first kappa shape index (κ1) is 15.4. The third-order valence-electron chi connectivity index (χ3n) is 2.56. The Bertz CT molecular complexity index is 622. The molecule has 1 N–H and O–H groups in total. The van der Waals surface area contributed by atoms with Gasteiger partial charge in [0.25, 0.3) is 0 Å². The summed E-state index contributed by atoms with van der Waals surface area (Å²) >= 11 is 5.71. The van der Waals surface area contributed by atoms with Crippen LogP contribution in [0.15, 0.2) is 36.7 Å². The van der Waals surface area contributed by atoms with Gasteiger partial charge in [-0.05, 0) is 24.6 Å². The normalized spacial score (nSPS) is 12.8. The number of aromatic nitrogens is 2. The average molecular weight is 318 g/mol. The lowest BCUT2D eigenvalue weighted by atomic mass is 10.1. The molecule has 0 radical (unpaired) electrons. The van der Waals surface area contributed by atoms with Crippen LogP contribution in [0.2, 0.25) is 5.15 Å². The summed E-state index contributed by atoms with van der Waals surface area (Å²) in [5, 5.41) is 3.22. The number of nitrogens with one attached hydrogen (secondary N) is 1. The van der Waals surface area contributed by atoms with Gasteiger partial charge in [-0.15, -0.1) is 13.2 Å². The first-order chi connectivity index (χ1) is 9.83. The van der Waals surface area contributed by atoms with Gasteiger partial charge in [-0.3, -0.25) is 4.98 Å². The molecule has 0 amide bonds. The fraction of sp³-hybridized carbons (Fsp3) is 0.231. The number of benzene rings is 1. The summed E-state index contributed by atoms with van der Waals surface area (Å²) in [6.45, 7) is 1.77. The standard InChI is InChI=1S/C13H11ClF3N3O/c1-8(19-12-7-18-6-11(14)20-12)9-3-2-4-10(5-9)21-13(15,16)17/h2-8H,1H3,(H,19,20). The van der Waals surface area contributed by atoms with Crippen LogP contribution in [0.1, 0.15) is 18.5 Å². The van der Waals surface area contributed by atoms with Crippen molar-refractivity contribution in [1.82, 2.24) is 9.97 Å². The molecule has 0 saturated heterocycles. The van der Waals surface area contributed by atoms with Crippen LogP contribution in [-0.4, -0.2) is 16.3 Å². The van der Waals surface area contributed by atoms with Crippen molar-refractivity contribution in [1.29, 1.82) is 0 Å². The van der Waals surface area contributed by atoms with Crippen molar-refractivity contribution in [3.63, 3.8) is 0 Å². The minimum atomic E-state index is -4.71. The molecule has 1 unspecified atom stereocenters. The van der Waals surface area contributed by atoms with Gasteiger partial charge in [-0.25, -0.2) is 4.98 Å². The minimum absolute atomic E-state index is 0.223. The molecule has 8 heteroatoms. The van der Waals surface area contributed by atoms with E-state index in [1.165, 1.54) is 30.6 Å². The van der Waals surface area contributed by atoms with Crippen LogP contribution in [0.25, 0.3) is 0 Å². The maximum Gasteiger partial charge on any atom is 0.573 e. The molecule has 0 aliphatic heterocycles. The van der Waals surface area contributed by atoms with Crippen molar-refractivity contribution >= 4 is 17.4 Å². The number of ether oxygens (including phenoxy) is 1. The highest BCUT2D eigenvalue weighted by molar-refractivity contribution is 6.29. The summed E-state index contributed by atoms with van der Waals surface area (Å²) in [4.78, 5) is 7.87. The number of hydrogen-bond donors (Lipinski definition) is 1. The highest BCUT2D eigenvalue weighted by Crippen LogP contribution is 2.26. The molecule has 0 spiro atoms. The molecule has 0 aliphatic rings. The van der Waals surface area contributed by atoms with Crippen molar-refractivity contribution in [2.45, 2.75) is 19.3 Å². The van der Waals surface area contributed by atoms with Crippen LogP contribution in [0.3, 0.4) is 0 Å². The second-order valence-electron chi connectivity index (χ2n) is 4.21. The van der Waals surface area contributed by atoms with E-state index in [9.17, 15) is 13.2 Å². The predicted octanol–water partition coefficient (Wildman–Crippen LogP) is 4.20. The zero-order valence-corrected chi connectivity index (χ0v) is 11.6. The maximum atomic E-state index is 12.2. The molecule has 1 aromatic heterocycles. The van der Waals surface area contributed by atoms with Crippen molar-refractivity contribution < 1.29 is 17.9 Å². The van der Waals surface area contributed by atoms with Gasteiger partial charge in [0.2, 0.25) is 0 Å². The smallest absolute Gasteiger partial charge is 0.406 e. The molecule has 4 nitrogen and oxygen atoms in total. The van der Waals surface area contributed by atoms with Gasteiger partial charge in [0.05, 0.1) is 18.4 Å². The molecule has 1 heterocycles. The highest BCUT2D eigenvalue weighted by Gasteiger charge is 2.31. The number of nitrogens with zero attached hydrogens (tertiary/aromatic N) is 2. The van der Waals surface area contributed by atoms with E-state index in [0.29, 0.717) is 11.4 Å². The molecular formula is C13H11ClF3N3O. The van der Waals surface area contributed by atoms with E-state index in [1.807, 2.05) is 0 Å². The average Bonchev–Trinajstić information content (AvgIpc) is 2.37. The Balaban J connectivity index is 2.12. The van der Waals surface area contributed by atoms with Gasteiger partial charge in [0.1, 0.15) is 16.7 Å². The summed E-state index contributed by atoms with van der Waals surface area (Å²) in [5.41, 5.74) is 0.610. The van der Waals surface area contributed by atoms with Crippen LogP contribution in [0.4, 0.5) is 19.0 Å². The Labute approximate surface area is 123 Å². The second kappa shape index (κ2) is 6.17. The summed E-state index contributed by atoms with van der Waals surface area (Å²) in [6.07, 6.45) is -1.86. The Morgan fingerprint density at radius 2 is 2.05 bits per heavy atom. The van der Waals surface area contributed by atoms with Crippen LogP contribution in [0, 0.1) is 0 Å². The fourth-order valence-electron chi connectivity index (χ4n) is 1.70. The van der Waals surface area contributed by atoms with Gasteiger partial charge in [-0.1, -0.05) is 23.7 Å². The summed E-state index contributed by atoms with van der Waals surface area (Å²) < 4.78 is 40.5. The largest absolute Gasteiger partial charge is 0.573 e. The summed E-state index contributed by atoms with van der Waals surface area (Å²) in [7, 11) is 0. The SMILES string of the molecule is CC(Nc1cncc(Cl)n1)c1cccc(OC(F)(F)F)c1. The maximum absolute atomic E-state index is 12.2. The predicted molar refractivity (Wildman–Crippen MR) is 72.2 cm³/mol. The zero-order chi connectivity index (χ0) is 15.5. The topological polar surface area (TPSA) is 47.0 Å². The lowest BCUT2D eigenvalue weighted by molar-refractivity contribution is -0.274. The zero-order valence-electron chi connectivity index (χ0n) is 10.9. The van der Waals surface area contributed by atoms with Crippen LogP contribution < -0.4 is 10.1 Å². The summed E-state index contributed by atoms with van der Waals surface area (Å²) in [6, 6.07) is 5.41. The molecule has 1 atom stereocenters. The molecule has 112 valence electrons. The van der Waals surface area contributed by atoms with E-state index in [2.05, 4.69) is 20.0 Å². The minimum Gasteiger partial charge on any atom is -0.406 e. The van der Waals surface area contributed by atoms with E-state index >= 15 is 0 Å². The molecule has 0 aliphatic carbocycles. The third-order valence-corrected chi connectivity index (χ3v) is 2.74. The van der Waals surface area contributed by atoms with Gasteiger partial charge in [0.15, 0.2) is 0 Å². The number of hydrogen-bond acceptors (Lipinski definition) is 4. The Hall–Kier alpha value is -2.02. The molecule has 0 saturated carbocycles. The first-order valence-electron chi connectivity index (χ1n) is 5.93. The highest BCUT2D eigenvalue weighted by atomic mass is 35.5. The van der Waals surface area contributed by atoms with Gasteiger partial charge in [0, 0.05) is 0 Å². The van der Waals surface area contributed by atoms with Crippen LogP contribution in [-0.2, 0) is 0 Å². The molecule has 1 aromatic carbocycles. The van der Waals surface area contributed by atoms with Gasteiger partial charge in [-0.2, -0.15) is 0 Å². The lowest BCUT2D eigenvalue weighted by Gasteiger charge is -2.16.